The highest BCUT2D eigenvalue weighted by molar-refractivity contribution is 6.02. The molecule has 0 fully saturated rings. The summed E-state index contributed by atoms with van der Waals surface area (Å²) in [7, 11) is 0. The van der Waals surface area contributed by atoms with Crippen LogP contribution in [0.3, 0.4) is 0 Å². The fourth-order valence-electron chi connectivity index (χ4n) is 3.12. The average molecular weight is 404 g/mol. The summed E-state index contributed by atoms with van der Waals surface area (Å²) < 4.78 is 5.32. The Morgan fingerprint density at radius 2 is 1.97 bits per heavy atom. The van der Waals surface area contributed by atoms with Crippen molar-refractivity contribution >= 4 is 23.2 Å². The molecule has 152 valence electrons. The quantitative estimate of drug-likeness (QED) is 0.699. The first kappa shape index (κ1) is 19.4. The van der Waals surface area contributed by atoms with E-state index in [4.69, 9.17) is 4.52 Å². The van der Waals surface area contributed by atoms with Crippen LogP contribution in [0.25, 0.3) is 11.4 Å². The maximum atomic E-state index is 12.5. The smallest absolute Gasteiger partial charge is 0.274 e. The van der Waals surface area contributed by atoms with E-state index in [-0.39, 0.29) is 30.7 Å². The summed E-state index contributed by atoms with van der Waals surface area (Å²) >= 11 is 0. The van der Waals surface area contributed by atoms with Gasteiger partial charge in [0.2, 0.25) is 17.6 Å². The van der Waals surface area contributed by atoms with Gasteiger partial charge in [0.15, 0.2) is 0 Å². The maximum Gasteiger partial charge on any atom is 0.274 e. The van der Waals surface area contributed by atoms with Gasteiger partial charge in [0.25, 0.3) is 5.89 Å². The Bertz CT molecular complexity index is 1120. The molecule has 3 aromatic rings. The van der Waals surface area contributed by atoms with Crippen molar-refractivity contribution < 1.29 is 14.1 Å². The normalized spacial score (nSPS) is 13.9. The molecule has 0 atom stereocenters. The lowest BCUT2D eigenvalue weighted by molar-refractivity contribution is -0.135. The number of nitrogens with one attached hydrogen (secondary N) is 1. The molecule has 3 heterocycles. The fourth-order valence-corrected chi connectivity index (χ4v) is 3.12. The maximum absolute atomic E-state index is 12.5. The number of amides is 2. The molecule has 9 heteroatoms. The third kappa shape index (κ3) is 4.24. The van der Waals surface area contributed by atoms with Crippen molar-refractivity contribution in [3.05, 3.63) is 59.7 Å². The molecule has 4 rings (SSSR count). The Balaban J connectivity index is 1.48. The van der Waals surface area contributed by atoms with E-state index in [1.807, 2.05) is 32.0 Å². The van der Waals surface area contributed by atoms with Crippen LogP contribution in [0.15, 0.2) is 52.4 Å². The van der Waals surface area contributed by atoms with Gasteiger partial charge >= 0.3 is 0 Å². The van der Waals surface area contributed by atoms with Crippen molar-refractivity contribution in [1.82, 2.24) is 20.1 Å². The molecule has 0 aliphatic carbocycles. The Hall–Kier alpha value is -3.88. The van der Waals surface area contributed by atoms with Crippen molar-refractivity contribution in [2.24, 2.45) is 5.10 Å². The van der Waals surface area contributed by atoms with E-state index in [9.17, 15) is 9.59 Å². The zero-order valence-electron chi connectivity index (χ0n) is 16.6. The molecule has 1 aliphatic rings. The minimum absolute atomic E-state index is 0.193. The number of rotatable bonds is 5. The first-order chi connectivity index (χ1) is 14.5. The van der Waals surface area contributed by atoms with Crippen LogP contribution >= 0.6 is 0 Å². The number of hydrazone groups is 1. The molecule has 0 unspecified atom stereocenters. The van der Waals surface area contributed by atoms with Crippen molar-refractivity contribution in [3.63, 3.8) is 0 Å². The highest BCUT2D eigenvalue weighted by Gasteiger charge is 2.26. The molecular weight excluding hydrogens is 384 g/mol. The van der Waals surface area contributed by atoms with Gasteiger partial charge in [0, 0.05) is 36.5 Å². The lowest BCUT2D eigenvalue weighted by Gasteiger charge is -2.22. The number of aromatic nitrogens is 3. The van der Waals surface area contributed by atoms with Gasteiger partial charge in [-0.2, -0.15) is 10.1 Å². The minimum atomic E-state index is -0.330. The molecule has 30 heavy (non-hydrogen) atoms. The Kier molecular flexibility index (Phi) is 5.34. The van der Waals surface area contributed by atoms with Gasteiger partial charge in [0.1, 0.15) is 12.3 Å². The zero-order chi connectivity index (χ0) is 21.1. The second-order valence-corrected chi connectivity index (χ2v) is 7.02. The van der Waals surface area contributed by atoms with Crippen LogP contribution < -0.4 is 5.32 Å². The lowest BCUT2D eigenvalue weighted by Crippen LogP contribution is -2.38. The molecule has 1 N–H and O–H groups in total. The first-order valence-corrected chi connectivity index (χ1v) is 9.49. The number of carbonyl (C=O) groups is 2. The summed E-state index contributed by atoms with van der Waals surface area (Å²) in [6.07, 6.45) is 3.85. The van der Waals surface area contributed by atoms with Crippen LogP contribution in [-0.2, 0) is 9.59 Å². The van der Waals surface area contributed by atoms with Crippen molar-refractivity contribution in [2.45, 2.75) is 26.7 Å². The van der Waals surface area contributed by atoms with Crippen molar-refractivity contribution in [2.75, 3.05) is 11.9 Å². The second-order valence-electron chi connectivity index (χ2n) is 7.02. The average Bonchev–Trinajstić information content (AvgIpc) is 3.23. The van der Waals surface area contributed by atoms with Crippen molar-refractivity contribution in [3.8, 4) is 11.4 Å². The van der Waals surface area contributed by atoms with E-state index < -0.39 is 0 Å². The summed E-state index contributed by atoms with van der Waals surface area (Å²) in [4.78, 5) is 33.0. The summed E-state index contributed by atoms with van der Waals surface area (Å²) in [5, 5.41) is 12.2. The third-order valence-electron chi connectivity index (χ3n) is 4.67. The van der Waals surface area contributed by atoms with Gasteiger partial charge in [-0.1, -0.05) is 22.9 Å². The number of hydrogen-bond acceptors (Lipinski definition) is 7. The molecule has 1 aromatic carbocycles. The van der Waals surface area contributed by atoms with E-state index in [2.05, 4.69) is 25.5 Å². The topological polar surface area (TPSA) is 114 Å². The largest absolute Gasteiger partial charge is 0.332 e. The molecule has 0 radical (unpaired) electrons. The van der Waals surface area contributed by atoms with E-state index in [1.54, 1.807) is 24.5 Å². The van der Waals surface area contributed by atoms with Crippen LogP contribution in [-0.4, -0.2) is 44.2 Å². The summed E-state index contributed by atoms with van der Waals surface area (Å²) in [5.74, 6) is 0.0759. The predicted octanol–water partition coefficient (Wildman–Crippen LogP) is 2.71. The Labute approximate surface area is 172 Å². The van der Waals surface area contributed by atoms with E-state index in [0.29, 0.717) is 23.6 Å². The van der Waals surface area contributed by atoms with Gasteiger partial charge in [-0.3, -0.25) is 14.6 Å². The summed E-state index contributed by atoms with van der Waals surface area (Å²) in [6.45, 7) is 3.71. The number of anilines is 1. The van der Waals surface area contributed by atoms with E-state index in [1.165, 1.54) is 0 Å². The zero-order valence-corrected chi connectivity index (χ0v) is 16.6. The molecule has 9 nitrogen and oxygen atoms in total. The molecule has 0 saturated heterocycles. The standard InChI is InChI=1S/C21H20N6O3/c1-13-3-4-16(14(2)11-13)23-18(28)12-27-19(29)6-5-17(25-27)21-24-20(26-30-21)15-7-9-22-10-8-15/h3-4,7-11H,5-6,12H2,1-2H3,(H,23,28). The van der Waals surface area contributed by atoms with Gasteiger partial charge < -0.3 is 9.84 Å². The van der Waals surface area contributed by atoms with Crippen LogP contribution in [0.1, 0.15) is 29.9 Å². The van der Waals surface area contributed by atoms with Crippen LogP contribution in [0.5, 0.6) is 0 Å². The summed E-state index contributed by atoms with van der Waals surface area (Å²) in [6, 6.07) is 9.28. The Morgan fingerprint density at radius 3 is 2.73 bits per heavy atom. The van der Waals surface area contributed by atoms with Crippen LogP contribution in [0.2, 0.25) is 0 Å². The molecule has 2 aromatic heterocycles. The molecular formula is C21H20N6O3. The van der Waals surface area contributed by atoms with Gasteiger partial charge in [-0.25, -0.2) is 5.01 Å². The SMILES string of the molecule is Cc1ccc(NC(=O)CN2N=C(c3nc(-c4ccncc4)no3)CCC2=O)c(C)c1. The fraction of sp³-hybridized carbons (Fsp3) is 0.238. The number of benzene rings is 1. The summed E-state index contributed by atoms with van der Waals surface area (Å²) in [5.41, 5.74) is 4.00. The number of hydrogen-bond donors (Lipinski definition) is 1. The number of pyridine rings is 1. The number of nitrogens with zero attached hydrogens (tertiary/aromatic N) is 5. The minimum Gasteiger partial charge on any atom is -0.332 e. The highest BCUT2D eigenvalue weighted by Crippen LogP contribution is 2.19. The second kappa shape index (κ2) is 8.24. The van der Waals surface area contributed by atoms with E-state index >= 15 is 0 Å². The molecule has 0 spiro atoms. The number of aryl methyl sites for hydroxylation is 2. The van der Waals surface area contributed by atoms with Crippen LogP contribution in [0, 0.1) is 13.8 Å². The van der Waals surface area contributed by atoms with Crippen LogP contribution in [0.4, 0.5) is 5.69 Å². The number of carbonyl (C=O) groups excluding carboxylic acids is 2. The van der Waals surface area contributed by atoms with Gasteiger partial charge in [-0.05, 0) is 37.6 Å². The highest BCUT2D eigenvalue weighted by atomic mass is 16.5. The van der Waals surface area contributed by atoms with Crippen molar-refractivity contribution in [1.29, 1.82) is 0 Å². The third-order valence-corrected chi connectivity index (χ3v) is 4.67. The molecule has 2 amide bonds. The molecule has 1 aliphatic heterocycles. The molecule has 0 saturated carbocycles. The monoisotopic (exact) mass is 404 g/mol. The molecule has 0 bridgehead atoms. The first-order valence-electron chi connectivity index (χ1n) is 9.49. The van der Waals surface area contributed by atoms with E-state index in [0.717, 1.165) is 21.7 Å². The van der Waals surface area contributed by atoms with Gasteiger partial charge in [-0.15, -0.1) is 0 Å². The van der Waals surface area contributed by atoms with Gasteiger partial charge in [0.05, 0.1) is 0 Å². The lowest BCUT2D eigenvalue weighted by atomic mass is 10.1. The predicted molar refractivity (Wildman–Crippen MR) is 110 cm³/mol. The Morgan fingerprint density at radius 1 is 1.17 bits per heavy atom.